The van der Waals surface area contributed by atoms with Gasteiger partial charge in [-0.3, -0.25) is 0 Å². The smallest absolute Gasteiger partial charge is 0.122 e. The van der Waals surface area contributed by atoms with Crippen molar-refractivity contribution in [3.8, 4) is 0 Å². The molecule has 1 aromatic rings. The number of hydrogen-bond acceptors (Lipinski definition) is 2. The molecule has 6 atom stereocenters. The van der Waals surface area contributed by atoms with E-state index in [0.717, 1.165) is 18.8 Å². The van der Waals surface area contributed by atoms with Gasteiger partial charge in [-0.05, 0) is 37.2 Å². The summed E-state index contributed by atoms with van der Waals surface area (Å²) >= 11 is 0. The maximum atomic E-state index is 6.84. The van der Waals surface area contributed by atoms with Crippen molar-refractivity contribution in [2.24, 2.45) is 11.8 Å². The number of benzene rings is 1. The van der Waals surface area contributed by atoms with E-state index >= 15 is 0 Å². The molecule has 4 aliphatic rings. The molecule has 4 bridgehead atoms. The lowest BCUT2D eigenvalue weighted by molar-refractivity contribution is -0.139. The molecule has 0 aromatic heterocycles. The third-order valence-corrected chi connectivity index (χ3v) is 6.00. The van der Waals surface area contributed by atoms with E-state index in [-0.39, 0.29) is 11.7 Å². The Hall–Kier alpha value is -1.12. The van der Waals surface area contributed by atoms with E-state index in [1.54, 1.807) is 0 Å². The molecule has 3 fully saturated rings. The first-order chi connectivity index (χ1) is 10.3. The van der Waals surface area contributed by atoms with Gasteiger partial charge in [0, 0.05) is 12.3 Å². The van der Waals surface area contributed by atoms with Gasteiger partial charge in [0.2, 0.25) is 0 Å². The van der Waals surface area contributed by atoms with Gasteiger partial charge in [-0.2, -0.15) is 0 Å². The number of fused-ring (bicyclic) bond motifs is 4. The molecule has 6 unspecified atom stereocenters. The van der Waals surface area contributed by atoms with E-state index in [4.69, 9.17) is 9.47 Å². The monoisotopic (exact) mass is 282 g/mol. The van der Waals surface area contributed by atoms with E-state index in [9.17, 15) is 0 Å². The minimum atomic E-state index is -0.187. The fourth-order valence-electron chi connectivity index (χ4n) is 5.02. The summed E-state index contributed by atoms with van der Waals surface area (Å²) in [4.78, 5) is 0. The summed E-state index contributed by atoms with van der Waals surface area (Å²) in [6, 6.07) is 10.8. The van der Waals surface area contributed by atoms with Gasteiger partial charge in [-0.1, -0.05) is 42.5 Å². The standard InChI is InChI=1S/C19H22O2/c1-2-4-15(5-3-1)19(12-16-8-9-18(19)20-16)21-17-11-13-6-7-14(17)10-13/h1-7,13-14,16-18H,8-12H2. The predicted octanol–water partition coefficient (Wildman–Crippen LogP) is 3.81. The summed E-state index contributed by atoms with van der Waals surface area (Å²) in [7, 11) is 0. The fraction of sp³-hybridized carbons (Fsp3) is 0.579. The second kappa shape index (κ2) is 4.44. The van der Waals surface area contributed by atoms with E-state index in [0.29, 0.717) is 18.1 Å². The van der Waals surface area contributed by atoms with Crippen LogP contribution in [0, 0.1) is 11.8 Å². The van der Waals surface area contributed by atoms with Crippen molar-refractivity contribution in [1.29, 1.82) is 0 Å². The van der Waals surface area contributed by atoms with Crippen LogP contribution in [-0.2, 0) is 15.1 Å². The number of rotatable bonds is 3. The minimum Gasteiger partial charge on any atom is -0.371 e. The molecule has 0 amide bonds. The third kappa shape index (κ3) is 1.79. The van der Waals surface area contributed by atoms with Crippen molar-refractivity contribution in [2.45, 2.75) is 56.0 Å². The summed E-state index contributed by atoms with van der Waals surface area (Å²) in [5.41, 5.74) is 1.14. The highest BCUT2D eigenvalue weighted by Gasteiger charge is 2.56. The van der Waals surface area contributed by atoms with Gasteiger partial charge in [0.25, 0.3) is 0 Å². The van der Waals surface area contributed by atoms with E-state index in [2.05, 4.69) is 42.5 Å². The van der Waals surface area contributed by atoms with Gasteiger partial charge < -0.3 is 9.47 Å². The third-order valence-electron chi connectivity index (χ3n) is 6.00. The highest BCUT2D eigenvalue weighted by Crippen LogP contribution is 2.53. The molecule has 5 rings (SSSR count). The quantitative estimate of drug-likeness (QED) is 0.785. The maximum Gasteiger partial charge on any atom is 0.122 e. The van der Waals surface area contributed by atoms with Gasteiger partial charge >= 0.3 is 0 Å². The van der Waals surface area contributed by atoms with Crippen LogP contribution in [0.2, 0.25) is 0 Å². The Balaban J connectivity index is 1.50. The molecule has 2 heteroatoms. The molecule has 0 N–H and O–H groups in total. The van der Waals surface area contributed by atoms with Crippen LogP contribution in [0.25, 0.3) is 0 Å². The summed E-state index contributed by atoms with van der Waals surface area (Å²) in [6.45, 7) is 0. The summed E-state index contributed by atoms with van der Waals surface area (Å²) in [5.74, 6) is 1.39. The molecule has 2 nitrogen and oxygen atoms in total. The molecule has 0 spiro atoms. The molecule has 2 aliphatic carbocycles. The lowest BCUT2D eigenvalue weighted by Gasteiger charge is -2.39. The van der Waals surface area contributed by atoms with Gasteiger partial charge in [-0.15, -0.1) is 0 Å². The Labute approximate surface area is 126 Å². The van der Waals surface area contributed by atoms with Crippen LogP contribution in [0.1, 0.15) is 37.7 Å². The molecule has 21 heavy (non-hydrogen) atoms. The van der Waals surface area contributed by atoms with Crippen molar-refractivity contribution in [1.82, 2.24) is 0 Å². The maximum absolute atomic E-state index is 6.84. The number of hydrogen-bond donors (Lipinski definition) is 0. The Morgan fingerprint density at radius 1 is 1.05 bits per heavy atom. The Morgan fingerprint density at radius 2 is 1.95 bits per heavy atom. The lowest BCUT2D eigenvalue weighted by Crippen LogP contribution is -2.43. The van der Waals surface area contributed by atoms with Crippen LogP contribution in [-0.4, -0.2) is 18.3 Å². The molecule has 1 aromatic carbocycles. The molecule has 2 saturated heterocycles. The van der Waals surface area contributed by atoms with Gasteiger partial charge in [0.1, 0.15) is 5.60 Å². The molecule has 2 aliphatic heterocycles. The average Bonchev–Trinajstić information content (AvgIpc) is 3.28. The number of ether oxygens (including phenoxy) is 2. The number of allylic oxidation sites excluding steroid dienone is 1. The average molecular weight is 282 g/mol. The molecule has 110 valence electrons. The first-order valence-electron chi connectivity index (χ1n) is 8.41. The molecular formula is C19H22O2. The topological polar surface area (TPSA) is 18.5 Å². The van der Waals surface area contributed by atoms with Crippen molar-refractivity contribution < 1.29 is 9.47 Å². The van der Waals surface area contributed by atoms with Crippen LogP contribution in [0.15, 0.2) is 42.5 Å². The molecular weight excluding hydrogens is 260 g/mol. The second-order valence-electron chi connectivity index (χ2n) is 7.22. The van der Waals surface area contributed by atoms with Gasteiger partial charge in [0.05, 0.1) is 18.3 Å². The van der Waals surface area contributed by atoms with Crippen molar-refractivity contribution in [3.05, 3.63) is 48.0 Å². The zero-order valence-electron chi connectivity index (χ0n) is 12.3. The Bertz CT molecular complexity index is 566. The van der Waals surface area contributed by atoms with E-state index in [1.165, 1.54) is 24.8 Å². The second-order valence-corrected chi connectivity index (χ2v) is 7.22. The zero-order chi connectivity index (χ0) is 13.9. The summed E-state index contributed by atoms with van der Waals surface area (Å²) < 4.78 is 13.0. The van der Waals surface area contributed by atoms with Crippen LogP contribution in [0.4, 0.5) is 0 Å². The molecule has 2 heterocycles. The van der Waals surface area contributed by atoms with E-state index in [1.807, 2.05) is 0 Å². The van der Waals surface area contributed by atoms with E-state index < -0.39 is 0 Å². The first kappa shape index (κ1) is 12.4. The Morgan fingerprint density at radius 3 is 2.57 bits per heavy atom. The van der Waals surface area contributed by atoms with Crippen LogP contribution in [0.3, 0.4) is 0 Å². The van der Waals surface area contributed by atoms with Crippen LogP contribution < -0.4 is 0 Å². The molecule has 0 radical (unpaired) electrons. The molecule has 1 saturated carbocycles. The predicted molar refractivity (Wildman–Crippen MR) is 80.9 cm³/mol. The van der Waals surface area contributed by atoms with Crippen LogP contribution in [0.5, 0.6) is 0 Å². The first-order valence-corrected chi connectivity index (χ1v) is 8.41. The SMILES string of the molecule is C1=CC2CC1CC2OC1(c2ccccc2)CC2CCC1O2. The van der Waals surface area contributed by atoms with Crippen molar-refractivity contribution in [2.75, 3.05) is 0 Å². The van der Waals surface area contributed by atoms with Crippen molar-refractivity contribution >= 4 is 0 Å². The fourth-order valence-corrected chi connectivity index (χ4v) is 5.02. The van der Waals surface area contributed by atoms with Gasteiger partial charge in [0.15, 0.2) is 0 Å². The lowest BCUT2D eigenvalue weighted by atomic mass is 9.79. The highest BCUT2D eigenvalue weighted by molar-refractivity contribution is 5.28. The summed E-state index contributed by atoms with van der Waals surface area (Å²) in [5, 5.41) is 0. The highest BCUT2D eigenvalue weighted by atomic mass is 16.6. The van der Waals surface area contributed by atoms with Crippen LogP contribution >= 0.6 is 0 Å². The summed E-state index contributed by atoms with van der Waals surface area (Å²) in [6.07, 6.45) is 11.7. The normalized spacial score (nSPS) is 46.6. The minimum absolute atomic E-state index is 0.187. The zero-order valence-corrected chi connectivity index (χ0v) is 12.3. The van der Waals surface area contributed by atoms with Gasteiger partial charge in [-0.25, -0.2) is 0 Å². The Kier molecular flexibility index (Phi) is 2.63. The van der Waals surface area contributed by atoms with Crippen molar-refractivity contribution in [3.63, 3.8) is 0 Å². The largest absolute Gasteiger partial charge is 0.371 e.